The molecule has 0 bridgehead atoms. The van der Waals surface area contributed by atoms with Gasteiger partial charge < -0.3 is 5.73 Å². The molecule has 1 saturated heterocycles. The van der Waals surface area contributed by atoms with E-state index in [1.165, 1.54) is 24.2 Å². The van der Waals surface area contributed by atoms with Gasteiger partial charge in [-0.25, -0.2) is 4.98 Å². The summed E-state index contributed by atoms with van der Waals surface area (Å²) in [4.78, 5) is 20.1. The molecule has 4 rings (SSSR count). The maximum Gasteiger partial charge on any atom is 0.259 e. The van der Waals surface area contributed by atoms with Gasteiger partial charge in [-0.15, -0.1) is 23.7 Å². The fourth-order valence-corrected chi connectivity index (χ4v) is 5.04. The molecule has 2 fully saturated rings. The lowest BCUT2D eigenvalue weighted by atomic mass is 9.78. The van der Waals surface area contributed by atoms with Crippen LogP contribution in [0.4, 0.5) is 0 Å². The monoisotopic (exact) mass is 354 g/mol. The standard InChI is InChI=1S/C16H22N4OS.ClH/c1-10-9-22-16-18-12(5-15(21)20(10)16)7-19-6-11-3-2-4-14(17)13(11)8-19;/h5,9,11,13-14H,2-4,6-8,17H2,1H3;1H. The number of fused-ring (bicyclic) bond motifs is 2. The highest BCUT2D eigenvalue weighted by molar-refractivity contribution is 7.15. The van der Waals surface area contributed by atoms with Crippen molar-refractivity contribution in [3.63, 3.8) is 0 Å². The van der Waals surface area contributed by atoms with E-state index in [1.54, 1.807) is 10.5 Å². The Balaban J connectivity index is 0.00000156. The number of aromatic nitrogens is 2. The second-order valence-electron chi connectivity index (χ2n) is 6.79. The molecule has 0 radical (unpaired) electrons. The SMILES string of the molecule is Cc1csc2nc(CN3CC4CCCC(N)C4C3)cc(=O)n12.Cl. The molecule has 2 aromatic rings. The summed E-state index contributed by atoms with van der Waals surface area (Å²) in [5.41, 5.74) is 8.17. The molecule has 5 nitrogen and oxygen atoms in total. The van der Waals surface area contributed by atoms with Crippen molar-refractivity contribution in [2.24, 2.45) is 17.6 Å². The maximum absolute atomic E-state index is 12.2. The normalized spacial score (nSPS) is 27.8. The molecule has 126 valence electrons. The fraction of sp³-hybridized carbons (Fsp3) is 0.625. The van der Waals surface area contributed by atoms with E-state index in [4.69, 9.17) is 5.73 Å². The van der Waals surface area contributed by atoms with Gasteiger partial charge in [0.2, 0.25) is 0 Å². The van der Waals surface area contributed by atoms with Crippen LogP contribution in [0.3, 0.4) is 0 Å². The molecule has 1 aliphatic carbocycles. The molecule has 23 heavy (non-hydrogen) atoms. The van der Waals surface area contributed by atoms with Crippen molar-refractivity contribution in [3.05, 3.63) is 33.2 Å². The van der Waals surface area contributed by atoms with Crippen molar-refractivity contribution in [2.45, 2.75) is 38.8 Å². The first-order chi connectivity index (χ1) is 10.6. The van der Waals surface area contributed by atoms with Crippen LogP contribution >= 0.6 is 23.7 Å². The minimum absolute atomic E-state index is 0. The second kappa shape index (κ2) is 6.51. The minimum atomic E-state index is 0. The van der Waals surface area contributed by atoms with Crippen LogP contribution in [-0.4, -0.2) is 33.4 Å². The van der Waals surface area contributed by atoms with Crippen LogP contribution in [0.5, 0.6) is 0 Å². The molecule has 3 atom stereocenters. The quantitative estimate of drug-likeness (QED) is 0.896. The lowest BCUT2D eigenvalue weighted by molar-refractivity contribution is 0.259. The summed E-state index contributed by atoms with van der Waals surface area (Å²) in [5.74, 6) is 1.36. The summed E-state index contributed by atoms with van der Waals surface area (Å²) < 4.78 is 1.69. The Morgan fingerprint density at radius 1 is 1.39 bits per heavy atom. The predicted molar refractivity (Wildman–Crippen MR) is 95.4 cm³/mol. The molecule has 0 amide bonds. The number of thiazole rings is 1. The average molecular weight is 355 g/mol. The summed E-state index contributed by atoms with van der Waals surface area (Å²) in [6.07, 6.45) is 3.72. The number of halogens is 1. The minimum Gasteiger partial charge on any atom is -0.327 e. The van der Waals surface area contributed by atoms with E-state index >= 15 is 0 Å². The largest absolute Gasteiger partial charge is 0.327 e. The number of rotatable bonds is 2. The molecule has 0 spiro atoms. The van der Waals surface area contributed by atoms with Gasteiger partial charge in [0.1, 0.15) is 0 Å². The highest BCUT2D eigenvalue weighted by Gasteiger charge is 2.38. The van der Waals surface area contributed by atoms with Crippen LogP contribution in [-0.2, 0) is 6.54 Å². The smallest absolute Gasteiger partial charge is 0.259 e. The summed E-state index contributed by atoms with van der Waals surface area (Å²) in [6.45, 7) is 4.86. The van der Waals surface area contributed by atoms with Crippen LogP contribution in [0.15, 0.2) is 16.2 Å². The topological polar surface area (TPSA) is 63.6 Å². The number of nitrogens with zero attached hydrogens (tertiary/aromatic N) is 3. The van der Waals surface area contributed by atoms with E-state index in [2.05, 4.69) is 9.88 Å². The third-order valence-corrected chi connectivity index (χ3v) is 6.19. The highest BCUT2D eigenvalue weighted by Crippen LogP contribution is 2.35. The van der Waals surface area contributed by atoms with E-state index in [1.807, 2.05) is 12.3 Å². The van der Waals surface area contributed by atoms with Gasteiger partial charge >= 0.3 is 0 Å². The van der Waals surface area contributed by atoms with Crippen LogP contribution in [0.25, 0.3) is 4.96 Å². The van der Waals surface area contributed by atoms with Crippen molar-refractivity contribution in [1.82, 2.24) is 14.3 Å². The summed E-state index contributed by atoms with van der Waals surface area (Å²) in [7, 11) is 0. The van der Waals surface area contributed by atoms with Gasteiger partial charge in [0.25, 0.3) is 5.56 Å². The molecule has 2 aromatic heterocycles. The first-order valence-electron chi connectivity index (χ1n) is 8.06. The molecule has 1 aliphatic heterocycles. The van der Waals surface area contributed by atoms with Crippen molar-refractivity contribution in [2.75, 3.05) is 13.1 Å². The van der Waals surface area contributed by atoms with Crippen molar-refractivity contribution in [3.8, 4) is 0 Å². The van der Waals surface area contributed by atoms with Gasteiger partial charge in [-0.1, -0.05) is 6.42 Å². The van der Waals surface area contributed by atoms with Crippen LogP contribution in [0, 0.1) is 18.8 Å². The second-order valence-corrected chi connectivity index (χ2v) is 7.63. The van der Waals surface area contributed by atoms with Crippen molar-refractivity contribution in [1.29, 1.82) is 0 Å². The number of likely N-dealkylation sites (tertiary alicyclic amines) is 1. The molecule has 3 unspecified atom stereocenters. The highest BCUT2D eigenvalue weighted by atomic mass is 35.5. The van der Waals surface area contributed by atoms with Crippen LogP contribution in [0.1, 0.15) is 30.7 Å². The van der Waals surface area contributed by atoms with Gasteiger partial charge in [-0.3, -0.25) is 14.1 Å². The zero-order chi connectivity index (χ0) is 15.3. The number of aryl methyl sites for hydroxylation is 1. The maximum atomic E-state index is 12.2. The zero-order valence-corrected chi connectivity index (χ0v) is 14.9. The zero-order valence-electron chi connectivity index (χ0n) is 13.3. The van der Waals surface area contributed by atoms with Crippen LogP contribution in [0.2, 0.25) is 0 Å². The Bertz CT molecular complexity index is 758. The fourth-order valence-electron chi connectivity index (χ4n) is 4.15. The Morgan fingerprint density at radius 2 is 2.22 bits per heavy atom. The molecule has 3 heterocycles. The van der Waals surface area contributed by atoms with E-state index in [-0.39, 0.29) is 18.0 Å². The molecular formula is C16H23ClN4OS. The van der Waals surface area contributed by atoms with Crippen molar-refractivity contribution < 1.29 is 0 Å². The Labute approximate surface area is 145 Å². The van der Waals surface area contributed by atoms with E-state index in [0.29, 0.717) is 12.0 Å². The molecule has 0 aromatic carbocycles. The summed E-state index contributed by atoms with van der Waals surface area (Å²) >= 11 is 1.53. The summed E-state index contributed by atoms with van der Waals surface area (Å²) in [5, 5.41) is 1.98. The van der Waals surface area contributed by atoms with Gasteiger partial charge in [0.15, 0.2) is 4.96 Å². The van der Waals surface area contributed by atoms with Gasteiger partial charge in [0.05, 0.1) is 5.69 Å². The lowest BCUT2D eigenvalue weighted by Crippen LogP contribution is -2.38. The van der Waals surface area contributed by atoms with Crippen LogP contribution < -0.4 is 11.3 Å². The molecule has 1 saturated carbocycles. The lowest BCUT2D eigenvalue weighted by Gasteiger charge is -2.29. The third kappa shape index (κ3) is 3.05. The van der Waals surface area contributed by atoms with E-state index in [9.17, 15) is 4.79 Å². The number of hydrogen-bond donors (Lipinski definition) is 1. The van der Waals surface area contributed by atoms with Gasteiger partial charge in [0, 0.05) is 42.8 Å². The Morgan fingerprint density at radius 3 is 3.00 bits per heavy atom. The number of nitrogens with two attached hydrogens (primary N) is 1. The molecular weight excluding hydrogens is 332 g/mol. The van der Waals surface area contributed by atoms with E-state index in [0.717, 1.165) is 48.3 Å². The Hall–Kier alpha value is -0.950. The van der Waals surface area contributed by atoms with Gasteiger partial charge in [-0.2, -0.15) is 0 Å². The predicted octanol–water partition coefficient (Wildman–Crippen LogP) is 2.05. The van der Waals surface area contributed by atoms with Gasteiger partial charge in [-0.05, 0) is 31.6 Å². The Kier molecular flexibility index (Phi) is 4.78. The first kappa shape index (κ1) is 16.9. The summed E-state index contributed by atoms with van der Waals surface area (Å²) in [6, 6.07) is 2.04. The average Bonchev–Trinajstić information content (AvgIpc) is 3.04. The molecule has 7 heteroatoms. The van der Waals surface area contributed by atoms with Crippen molar-refractivity contribution >= 4 is 28.7 Å². The number of hydrogen-bond acceptors (Lipinski definition) is 5. The first-order valence-corrected chi connectivity index (χ1v) is 8.94. The molecule has 2 aliphatic rings. The third-order valence-electron chi connectivity index (χ3n) is 5.24. The van der Waals surface area contributed by atoms with E-state index < -0.39 is 0 Å². The molecule has 2 N–H and O–H groups in total.